The first kappa shape index (κ1) is 27.6. The van der Waals surface area contributed by atoms with Gasteiger partial charge in [-0.3, -0.25) is 4.18 Å². The topological polar surface area (TPSA) is 43.4 Å². The van der Waals surface area contributed by atoms with E-state index in [1.165, 1.54) is 102 Å². The Hall–Kier alpha value is -0.350. The van der Waals surface area contributed by atoms with Gasteiger partial charge in [0.25, 0.3) is 10.1 Å². The molecule has 168 valence electrons. The van der Waals surface area contributed by atoms with Gasteiger partial charge in [0.05, 0.1) is 12.0 Å². The second-order valence-electron chi connectivity index (χ2n) is 8.13. The molecule has 0 fully saturated rings. The standard InChI is InChI=1S/C24H48O3S/c1-3-5-7-9-11-13-15-17-19-21-23-27-28(25,26)24-22-20-18-16-14-12-10-8-6-4-2/h22,24H,3-21,23H2,1-2H3. The van der Waals surface area contributed by atoms with Gasteiger partial charge < -0.3 is 0 Å². The van der Waals surface area contributed by atoms with Crippen molar-refractivity contribution in [2.45, 2.75) is 136 Å². The summed E-state index contributed by atoms with van der Waals surface area (Å²) in [5.41, 5.74) is 0. The maximum Gasteiger partial charge on any atom is 0.289 e. The van der Waals surface area contributed by atoms with Crippen molar-refractivity contribution in [2.24, 2.45) is 0 Å². The van der Waals surface area contributed by atoms with Crippen LogP contribution in [0.3, 0.4) is 0 Å². The molecule has 0 aromatic carbocycles. The van der Waals surface area contributed by atoms with E-state index in [9.17, 15) is 8.42 Å². The second kappa shape index (κ2) is 21.4. The van der Waals surface area contributed by atoms with Gasteiger partial charge in [-0.25, -0.2) is 0 Å². The molecule has 0 aromatic heterocycles. The molecule has 28 heavy (non-hydrogen) atoms. The Morgan fingerprint density at radius 1 is 0.571 bits per heavy atom. The third kappa shape index (κ3) is 21.9. The Labute approximate surface area is 176 Å². The second-order valence-corrected chi connectivity index (χ2v) is 9.63. The van der Waals surface area contributed by atoms with Crippen LogP contribution in [0.15, 0.2) is 11.5 Å². The fraction of sp³-hybridized carbons (Fsp3) is 0.917. The molecule has 0 saturated heterocycles. The minimum Gasteiger partial charge on any atom is -0.267 e. The molecule has 0 unspecified atom stereocenters. The van der Waals surface area contributed by atoms with Crippen molar-refractivity contribution in [3.8, 4) is 0 Å². The SMILES string of the molecule is CCCCCCCCCCC=CS(=O)(=O)OCCCCCCCCCCCC. The lowest BCUT2D eigenvalue weighted by atomic mass is 10.1. The van der Waals surface area contributed by atoms with Gasteiger partial charge in [-0.05, 0) is 19.3 Å². The van der Waals surface area contributed by atoms with Crippen LogP contribution in [0, 0.1) is 0 Å². The smallest absolute Gasteiger partial charge is 0.267 e. The fourth-order valence-electron chi connectivity index (χ4n) is 3.39. The molecule has 0 aromatic rings. The molecule has 0 atom stereocenters. The quantitative estimate of drug-likeness (QED) is 0.132. The zero-order valence-electron chi connectivity index (χ0n) is 18.9. The average molecular weight is 417 g/mol. The average Bonchev–Trinajstić information content (AvgIpc) is 2.67. The summed E-state index contributed by atoms with van der Waals surface area (Å²) in [6.45, 7) is 4.80. The van der Waals surface area contributed by atoms with Crippen LogP contribution >= 0.6 is 0 Å². The van der Waals surface area contributed by atoms with E-state index in [0.29, 0.717) is 6.61 Å². The first-order valence-electron chi connectivity index (χ1n) is 12.2. The molecule has 0 aliphatic carbocycles. The van der Waals surface area contributed by atoms with Gasteiger partial charge in [0.2, 0.25) is 0 Å². The van der Waals surface area contributed by atoms with Gasteiger partial charge >= 0.3 is 0 Å². The minimum absolute atomic E-state index is 0.320. The lowest BCUT2D eigenvalue weighted by Gasteiger charge is -2.03. The van der Waals surface area contributed by atoms with Crippen LogP contribution in [0.2, 0.25) is 0 Å². The highest BCUT2D eigenvalue weighted by Gasteiger charge is 2.05. The normalized spacial score (nSPS) is 12.2. The Balaban J connectivity index is 3.44. The van der Waals surface area contributed by atoms with E-state index in [0.717, 1.165) is 25.7 Å². The summed E-state index contributed by atoms with van der Waals surface area (Å²) in [5.74, 6) is 0. The molecule has 3 nitrogen and oxygen atoms in total. The lowest BCUT2D eigenvalue weighted by Crippen LogP contribution is -2.03. The van der Waals surface area contributed by atoms with Crippen molar-refractivity contribution in [1.29, 1.82) is 0 Å². The van der Waals surface area contributed by atoms with Crippen molar-refractivity contribution >= 4 is 10.1 Å². The molecular formula is C24H48O3S. The first-order valence-corrected chi connectivity index (χ1v) is 13.7. The van der Waals surface area contributed by atoms with Crippen LogP contribution in [0.25, 0.3) is 0 Å². The highest BCUT2D eigenvalue weighted by molar-refractivity contribution is 7.89. The van der Waals surface area contributed by atoms with Crippen molar-refractivity contribution in [3.05, 3.63) is 11.5 Å². The van der Waals surface area contributed by atoms with Gasteiger partial charge in [0.15, 0.2) is 0 Å². The number of allylic oxidation sites excluding steroid dienone is 1. The number of unbranched alkanes of at least 4 members (excludes halogenated alkanes) is 17. The molecule has 0 aliphatic heterocycles. The largest absolute Gasteiger partial charge is 0.289 e. The Kier molecular flexibility index (Phi) is 21.1. The van der Waals surface area contributed by atoms with Crippen LogP contribution in [-0.2, 0) is 14.3 Å². The van der Waals surface area contributed by atoms with Crippen molar-refractivity contribution in [2.75, 3.05) is 6.61 Å². The summed E-state index contributed by atoms with van der Waals surface area (Å²) in [6, 6.07) is 0. The molecule has 0 N–H and O–H groups in total. The van der Waals surface area contributed by atoms with Crippen molar-refractivity contribution in [3.63, 3.8) is 0 Å². The van der Waals surface area contributed by atoms with E-state index in [4.69, 9.17) is 4.18 Å². The summed E-state index contributed by atoms with van der Waals surface area (Å²) in [5, 5.41) is 1.25. The van der Waals surface area contributed by atoms with E-state index in [1.54, 1.807) is 6.08 Å². The van der Waals surface area contributed by atoms with Gasteiger partial charge in [-0.15, -0.1) is 0 Å². The van der Waals surface area contributed by atoms with Crippen LogP contribution in [0.1, 0.15) is 136 Å². The zero-order chi connectivity index (χ0) is 20.8. The third-order valence-electron chi connectivity index (χ3n) is 5.23. The highest BCUT2D eigenvalue weighted by Crippen LogP contribution is 2.12. The number of hydrogen-bond acceptors (Lipinski definition) is 3. The predicted octanol–water partition coefficient (Wildman–Crippen LogP) is 8.30. The Bertz CT molecular complexity index is 429. The van der Waals surface area contributed by atoms with Gasteiger partial charge in [0, 0.05) is 0 Å². The molecule has 0 amide bonds. The summed E-state index contributed by atoms with van der Waals surface area (Å²) >= 11 is 0. The maximum absolute atomic E-state index is 11.8. The van der Waals surface area contributed by atoms with Crippen LogP contribution < -0.4 is 0 Å². The molecule has 0 spiro atoms. The highest BCUT2D eigenvalue weighted by atomic mass is 32.2. The van der Waals surface area contributed by atoms with Crippen molar-refractivity contribution in [1.82, 2.24) is 0 Å². The number of hydrogen-bond donors (Lipinski definition) is 0. The zero-order valence-corrected chi connectivity index (χ0v) is 19.7. The van der Waals surface area contributed by atoms with Crippen molar-refractivity contribution < 1.29 is 12.6 Å². The number of rotatable bonds is 22. The van der Waals surface area contributed by atoms with Crippen LogP contribution in [-0.4, -0.2) is 15.0 Å². The molecule has 0 bridgehead atoms. The monoisotopic (exact) mass is 416 g/mol. The first-order chi connectivity index (χ1) is 13.6. The van der Waals surface area contributed by atoms with E-state index >= 15 is 0 Å². The molecular weight excluding hydrogens is 368 g/mol. The van der Waals surface area contributed by atoms with Crippen LogP contribution in [0.4, 0.5) is 0 Å². The predicted molar refractivity (Wildman–Crippen MR) is 123 cm³/mol. The van der Waals surface area contributed by atoms with Gasteiger partial charge in [-0.2, -0.15) is 8.42 Å². The maximum atomic E-state index is 11.8. The van der Waals surface area contributed by atoms with E-state index in [2.05, 4.69) is 13.8 Å². The summed E-state index contributed by atoms with van der Waals surface area (Å²) in [4.78, 5) is 0. The summed E-state index contributed by atoms with van der Waals surface area (Å²) in [7, 11) is -3.48. The summed E-state index contributed by atoms with van der Waals surface area (Å²) < 4.78 is 28.7. The molecule has 4 heteroatoms. The van der Waals surface area contributed by atoms with E-state index in [-0.39, 0.29) is 0 Å². The third-order valence-corrected chi connectivity index (χ3v) is 6.25. The fourth-order valence-corrected chi connectivity index (χ4v) is 4.19. The molecule has 0 rings (SSSR count). The summed E-state index contributed by atoms with van der Waals surface area (Å²) in [6.07, 6.45) is 25.1. The van der Waals surface area contributed by atoms with Crippen LogP contribution in [0.5, 0.6) is 0 Å². The molecule has 0 saturated carbocycles. The Morgan fingerprint density at radius 2 is 0.964 bits per heavy atom. The van der Waals surface area contributed by atoms with E-state index in [1.807, 2.05) is 0 Å². The van der Waals surface area contributed by atoms with E-state index < -0.39 is 10.1 Å². The van der Waals surface area contributed by atoms with Gasteiger partial charge in [-0.1, -0.05) is 123 Å². The lowest BCUT2D eigenvalue weighted by molar-refractivity contribution is 0.311. The van der Waals surface area contributed by atoms with Gasteiger partial charge in [0.1, 0.15) is 0 Å². The Morgan fingerprint density at radius 3 is 1.43 bits per heavy atom. The molecule has 0 heterocycles. The molecule has 0 aliphatic rings. The minimum atomic E-state index is -3.48. The molecule has 0 radical (unpaired) electrons.